The van der Waals surface area contributed by atoms with Crippen LogP contribution in [-0.2, 0) is 17.7 Å². The van der Waals surface area contributed by atoms with E-state index < -0.39 is 0 Å². The van der Waals surface area contributed by atoms with Crippen molar-refractivity contribution in [2.75, 3.05) is 17.1 Å². The van der Waals surface area contributed by atoms with E-state index in [9.17, 15) is 0 Å². The molecule has 6 nitrogen and oxygen atoms in total. The summed E-state index contributed by atoms with van der Waals surface area (Å²) in [5.41, 5.74) is 6.80. The lowest BCUT2D eigenvalue weighted by molar-refractivity contribution is 0.0842. The molecule has 2 aliphatic rings. The van der Waals surface area contributed by atoms with Gasteiger partial charge in [-0.1, -0.05) is 36.4 Å². The molecule has 0 aliphatic heterocycles. The molecule has 0 saturated heterocycles. The molecule has 1 unspecified atom stereocenters. The molecule has 2 heterocycles. The third kappa shape index (κ3) is 4.50. The third-order valence-corrected chi connectivity index (χ3v) is 8.05. The summed E-state index contributed by atoms with van der Waals surface area (Å²) in [5.74, 6) is 1.61. The Hall–Kier alpha value is -3.03. The van der Waals surface area contributed by atoms with Crippen molar-refractivity contribution in [2.45, 2.75) is 56.9 Å². The molecule has 4 aromatic rings. The first kappa shape index (κ1) is 22.4. The Morgan fingerprint density at radius 1 is 1.06 bits per heavy atom. The van der Waals surface area contributed by atoms with E-state index in [1.807, 2.05) is 18.0 Å². The first-order valence-corrected chi connectivity index (χ1v) is 13.3. The van der Waals surface area contributed by atoms with E-state index in [-0.39, 0.29) is 6.10 Å². The fourth-order valence-electron chi connectivity index (χ4n) is 4.91. The van der Waals surface area contributed by atoms with Gasteiger partial charge in [0, 0.05) is 35.5 Å². The van der Waals surface area contributed by atoms with Crippen LogP contribution < -0.4 is 10.0 Å². The van der Waals surface area contributed by atoms with Gasteiger partial charge in [-0.2, -0.15) is 4.98 Å². The predicted octanol–water partition coefficient (Wildman–Crippen LogP) is 6.59. The molecule has 35 heavy (non-hydrogen) atoms. The molecule has 0 spiro atoms. The number of rotatable bonds is 8. The minimum absolute atomic E-state index is 0.00734. The molecule has 0 radical (unpaired) electrons. The van der Waals surface area contributed by atoms with Crippen molar-refractivity contribution in [2.24, 2.45) is 0 Å². The molecule has 2 N–H and O–H groups in total. The summed E-state index contributed by atoms with van der Waals surface area (Å²) in [4.78, 5) is 10.2. The van der Waals surface area contributed by atoms with Gasteiger partial charge in [0.25, 0.3) is 0 Å². The summed E-state index contributed by atoms with van der Waals surface area (Å²) in [6.45, 7) is 2.85. The standard InChI is InChI=1S/C28H31N5OS/c1-18-16-22-23(32-35-20-14-15-20)11-7-12-24(22)33(18)28-30-26-21(10-6-13-25(26)34-2)27(31-28)29-17-19-8-4-3-5-9-19/h3-5,7-9,11-12,16,20,25,32H,6,10,13-15,17H2,1-2H3,(H,29,30,31). The number of hydrogen-bond acceptors (Lipinski definition) is 6. The van der Waals surface area contributed by atoms with Gasteiger partial charge in [0.1, 0.15) is 5.82 Å². The molecule has 1 saturated carbocycles. The van der Waals surface area contributed by atoms with Crippen molar-refractivity contribution in [1.82, 2.24) is 14.5 Å². The van der Waals surface area contributed by atoms with E-state index in [4.69, 9.17) is 14.7 Å². The lowest BCUT2D eigenvalue weighted by Crippen LogP contribution is -2.20. The number of methoxy groups -OCH3 is 1. The van der Waals surface area contributed by atoms with Crippen LogP contribution in [0.4, 0.5) is 11.5 Å². The largest absolute Gasteiger partial charge is 0.375 e. The second kappa shape index (κ2) is 9.55. The SMILES string of the molecule is COC1CCCc2c(NCc3ccccc3)nc(-n3c(C)cc4c(NSC5CC5)cccc43)nc21. The van der Waals surface area contributed by atoms with Crippen molar-refractivity contribution >= 4 is 34.4 Å². The number of aromatic nitrogens is 3. The smallest absolute Gasteiger partial charge is 0.236 e. The number of aryl methyl sites for hydroxylation is 1. The maximum absolute atomic E-state index is 5.86. The maximum atomic E-state index is 5.86. The zero-order valence-corrected chi connectivity index (χ0v) is 21.1. The topological polar surface area (TPSA) is 64.0 Å². The van der Waals surface area contributed by atoms with Crippen molar-refractivity contribution < 1.29 is 4.74 Å². The van der Waals surface area contributed by atoms with Gasteiger partial charge in [-0.15, -0.1) is 0 Å². The fraction of sp³-hybridized carbons (Fsp3) is 0.357. The summed E-state index contributed by atoms with van der Waals surface area (Å²) in [7, 11) is 1.78. The zero-order valence-electron chi connectivity index (χ0n) is 20.3. The molecular formula is C28H31N5OS. The number of nitrogens with zero attached hydrogens (tertiary/aromatic N) is 3. The van der Waals surface area contributed by atoms with E-state index >= 15 is 0 Å². The van der Waals surface area contributed by atoms with Crippen molar-refractivity contribution in [1.29, 1.82) is 0 Å². The Kier molecular flexibility index (Phi) is 6.12. The molecule has 2 aliphatic carbocycles. The average Bonchev–Trinajstić information content (AvgIpc) is 3.66. The number of benzene rings is 2. The highest BCUT2D eigenvalue weighted by Crippen LogP contribution is 2.38. The zero-order chi connectivity index (χ0) is 23.8. The average molecular weight is 486 g/mol. The van der Waals surface area contributed by atoms with Crippen LogP contribution in [0.25, 0.3) is 16.9 Å². The van der Waals surface area contributed by atoms with Crippen molar-refractivity contribution in [3.8, 4) is 5.95 Å². The molecule has 0 amide bonds. The lowest BCUT2D eigenvalue weighted by Gasteiger charge is -2.26. The van der Waals surface area contributed by atoms with Gasteiger partial charge in [0.2, 0.25) is 5.95 Å². The summed E-state index contributed by atoms with van der Waals surface area (Å²) >= 11 is 1.83. The van der Waals surface area contributed by atoms with E-state index in [2.05, 4.69) is 70.1 Å². The first-order valence-electron chi connectivity index (χ1n) is 12.5. The van der Waals surface area contributed by atoms with Gasteiger partial charge >= 0.3 is 0 Å². The van der Waals surface area contributed by atoms with E-state index in [0.717, 1.165) is 59.5 Å². The molecule has 2 aromatic heterocycles. The fourth-order valence-corrected chi connectivity index (χ4v) is 5.75. The van der Waals surface area contributed by atoms with Crippen molar-refractivity contribution in [3.05, 3.63) is 77.1 Å². The van der Waals surface area contributed by atoms with Crippen LogP contribution in [0.3, 0.4) is 0 Å². The highest BCUT2D eigenvalue weighted by Gasteiger charge is 2.27. The van der Waals surface area contributed by atoms with Crippen LogP contribution >= 0.6 is 11.9 Å². The molecule has 1 fully saturated rings. The lowest BCUT2D eigenvalue weighted by atomic mass is 9.93. The Morgan fingerprint density at radius 2 is 1.91 bits per heavy atom. The highest BCUT2D eigenvalue weighted by molar-refractivity contribution is 8.01. The van der Waals surface area contributed by atoms with Crippen molar-refractivity contribution in [3.63, 3.8) is 0 Å². The number of ether oxygens (including phenoxy) is 1. The van der Waals surface area contributed by atoms with E-state index in [0.29, 0.717) is 5.95 Å². The summed E-state index contributed by atoms with van der Waals surface area (Å²) in [6.07, 6.45) is 5.62. The van der Waals surface area contributed by atoms with Crippen LogP contribution in [0.5, 0.6) is 0 Å². The van der Waals surface area contributed by atoms with Crippen LogP contribution in [0.2, 0.25) is 0 Å². The Balaban J connectivity index is 1.43. The molecule has 6 rings (SSSR count). The van der Waals surface area contributed by atoms with Crippen LogP contribution in [0.15, 0.2) is 54.6 Å². The highest BCUT2D eigenvalue weighted by atomic mass is 32.2. The van der Waals surface area contributed by atoms with Gasteiger partial charge in [-0.3, -0.25) is 4.57 Å². The maximum Gasteiger partial charge on any atom is 0.236 e. The Labute approximate surface area is 210 Å². The van der Waals surface area contributed by atoms with Crippen LogP contribution in [0.1, 0.15) is 54.3 Å². The molecule has 0 bridgehead atoms. The van der Waals surface area contributed by atoms with Gasteiger partial charge in [-0.05, 0) is 74.7 Å². The monoisotopic (exact) mass is 485 g/mol. The normalized spacial score (nSPS) is 17.4. The Morgan fingerprint density at radius 3 is 2.71 bits per heavy atom. The predicted molar refractivity (Wildman–Crippen MR) is 144 cm³/mol. The second-order valence-electron chi connectivity index (χ2n) is 9.47. The van der Waals surface area contributed by atoms with Gasteiger partial charge in [-0.25, -0.2) is 4.98 Å². The minimum atomic E-state index is -0.00734. The molecule has 180 valence electrons. The number of hydrogen-bond donors (Lipinski definition) is 2. The molecule has 1 atom stereocenters. The molecular weight excluding hydrogens is 454 g/mol. The Bertz CT molecular complexity index is 1350. The van der Waals surface area contributed by atoms with Gasteiger partial charge < -0.3 is 14.8 Å². The first-order chi connectivity index (χ1) is 17.2. The second-order valence-corrected chi connectivity index (χ2v) is 10.6. The van der Waals surface area contributed by atoms with E-state index in [1.54, 1.807) is 7.11 Å². The quantitative estimate of drug-likeness (QED) is 0.275. The van der Waals surface area contributed by atoms with Crippen LogP contribution in [-0.4, -0.2) is 26.9 Å². The summed E-state index contributed by atoms with van der Waals surface area (Å²) in [6, 6.07) is 19.1. The number of fused-ring (bicyclic) bond motifs is 2. The number of nitrogens with one attached hydrogen (secondary N) is 2. The summed E-state index contributed by atoms with van der Waals surface area (Å²) < 4.78 is 11.6. The molecule has 2 aromatic carbocycles. The van der Waals surface area contributed by atoms with Gasteiger partial charge in [0.15, 0.2) is 0 Å². The summed E-state index contributed by atoms with van der Waals surface area (Å²) in [5, 5.41) is 5.55. The van der Waals surface area contributed by atoms with Crippen LogP contribution in [0, 0.1) is 6.92 Å². The minimum Gasteiger partial charge on any atom is -0.375 e. The van der Waals surface area contributed by atoms with E-state index in [1.165, 1.54) is 29.4 Å². The van der Waals surface area contributed by atoms with Gasteiger partial charge in [0.05, 0.1) is 23.0 Å². The number of anilines is 2. The molecule has 7 heteroatoms. The third-order valence-electron chi connectivity index (χ3n) is 6.90.